The van der Waals surface area contributed by atoms with Gasteiger partial charge in [0.1, 0.15) is 10.0 Å². The number of carboxylic acid groups (broad SMARTS) is 1. The van der Waals surface area contributed by atoms with E-state index in [1.807, 2.05) is 0 Å². The highest BCUT2D eigenvalue weighted by molar-refractivity contribution is 7.94. The zero-order chi connectivity index (χ0) is 18.6. The van der Waals surface area contributed by atoms with Gasteiger partial charge in [0.25, 0.3) is 0 Å². The molecule has 10 heteroatoms. The van der Waals surface area contributed by atoms with E-state index >= 15 is 0 Å². The van der Waals surface area contributed by atoms with Crippen LogP contribution in [0.4, 0.5) is 11.6 Å². The molecule has 2 aromatic rings. The van der Waals surface area contributed by atoms with Crippen LogP contribution in [0.15, 0.2) is 45.8 Å². The number of amides is 1. The maximum absolute atomic E-state index is 12.2. The molecule has 9 nitrogen and oxygen atoms in total. The Labute approximate surface area is 143 Å². The van der Waals surface area contributed by atoms with Crippen LogP contribution in [0.3, 0.4) is 0 Å². The third-order valence-electron chi connectivity index (χ3n) is 3.13. The van der Waals surface area contributed by atoms with Crippen LogP contribution in [0.1, 0.15) is 11.3 Å². The van der Waals surface area contributed by atoms with Crippen molar-refractivity contribution in [1.82, 2.24) is 5.16 Å². The molecule has 1 amide bonds. The fraction of sp³-hybridized carbons (Fsp3) is 0.133. The molecule has 1 aromatic carbocycles. The Balaban J connectivity index is 2.11. The first-order valence-corrected chi connectivity index (χ1v) is 8.34. The average Bonchev–Trinajstić information content (AvgIpc) is 2.85. The Morgan fingerprint density at radius 3 is 2.36 bits per heavy atom. The van der Waals surface area contributed by atoms with Crippen molar-refractivity contribution in [2.24, 2.45) is 0 Å². The SMILES string of the molecule is Cc1noc([N-]S(=O)(=O)c2ccc(NC(=O)/C=C\C(=O)[O-])cc2)c1C. The first-order valence-electron chi connectivity index (χ1n) is 6.90. The quantitative estimate of drug-likeness (QED) is 0.752. The largest absolute Gasteiger partial charge is 0.545 e. The van der Waals surface area contributed by atoms with Crippen molar-refractivity contribution in [2.75, 3.05) is 5.32 Å². The zero-order valence-electron chi connectivity index (χ0n) is 13.2. The highest BCUT2D eigenvalue weighted by atomic mass is 32.2. The summed E-state index contributed by atoms with van der Waals surface area (Å²) in [4.78, 5) is 21.5. The second-order valence-corrected chi connectivity index (χ2v) is 6.53. The number of aliphatic carboxylic acids is 1. The molecule has 0 radical (unpaired) electrons. The number of benzene rings is 1. The number of anilines is 1. The Hall–Kier alpha value is -3.14. The molecule has 0 aliphatic rings. The van der Waals surface area contributed by atoms with Crippen LogP contribution in [0, 0.1) is 13.8 Å². The average molecular weight is 363 g/mol. The molecule has 0 spiro atoms. The van der Waals surface area contributed by atoms with Crippen molar-refractivity contribution in [1.29, 1.82) is 0 Å². The van der Waals surface area contributed by atoms with Gasteiger partial charge in [-0.15, -0.1) is 0 Å². The van der Waals surface area contributed by atoms with Crippen LogP contribution in [-0.4, -0.2) is 25.5 Å². The number of hydrogen-bond donors (Lipinski definition) is 1. The number of nitrogens with zero attached hydrogens (tertiary/aromatic N) is 2. The van der Waals surface area contributed by atoms with Crippen molar-refractivity contribution >= 4 is 33.5 Å². The second kappa shape index (κ2) is 7.18. The molecule has 0 aliphatic heterocycles. The van der Waals surface area contributed by atoms with Crippen LogP contribution >= 0.6 is 0 Å². The first kappa shape index (κ1) is 18.2. The minimum absolute atomic E-state index is 0.0951. The van der Waals surface area contributed by atoms with Crippen molar-refractivity contribution in [3.63, 3.8) is 0 Å². The molecule has 2 rings (SSSR count). The number of rotatable bonds is 6. The lowest BCUT2D eigenvalue weighted by molar-refractivity contribution is -0.297. The molecule has 1 heterocycles. The van der Waals surface area contributed by atoms with E-state index in [-0.39, 0.29) is 16.5 Å². The van der Waals surface area contributed by atoms with E-state index < -0.39 is 21.9 Å². The third kappa shape index (κ3) is 4.67. The van der Waals surface area contributed by atoms with Gasteiger partial charge in [-0.1, -0.05) is 5.16 Å². The van der Waals surface area contributed by atoms with E-state index in [0.29, 0.717) is 17.3 Å². The highest BCUT2D eigenvalue weighted by Crippen LogP contribution is 2.32. The summed E-state index contributed by atoms with van der Waals surface area (Å²) in [5, 5.41) is 16.2. The van der Waals surface area contributed by atoms with Gasteiger partial charge in [0.2, 0.25) is 5.91 Å². The number of hydrogen-bond acceptors (Lipinski definition) is 7. The zero-order valence-corrected chi connectivity index (χ0v) is 14.0. The van der Waals surface area contributed by atoms with Crippen LogP contribution in [-0.2, 0) is 19.6 Å². The number of sulfonamides is 1. The summed E-state index contributed by atoms with van der Waals surface area (Å²) in [6, 6.07) is 5.17. The molecule has 0 aliphatic carbocycles. The summed E-state index contributed by atoms with van der Waals surface area (Å²) in [5.74, 6) is -2.30. The van der Waals surface area contributed by atoms with Gasteiger partial charge in [-0.25, -0.2) is 8.42 Å². The fourth-order valence-corrected chi connectivity index (χ4v) is 2.66. The smallest absolute Gasteiger partial charge is 0.248 e. The van der Waals surface area contributed by atoms with Gasteiger partial charge in [0.15, 0.2) is 0 Å². The van der Waals surface area contributed by atoms with Gasteiger partial charge in [0, 0.05) is 11.8 Å². The summed E-state index contributed by atoms with van der Waals surface area (Å²) in [6.07, 6.45) is 1.36. The standard InChI is InChI=1S/C15H15N3O6S/c1-9-10(2)17-24-15(9)18-25(22,23)12-5-3-11(4-6-12)16-13(19)7-8-14(20)21/h3-8H,1-2H3,(H3,16,17,18,19,20,21)/p-2/b8-7-. The lowest BCUT2D eigenvalue weighted by Gasteiger charge is -2.19. The van der Waals surface area contributed by atoms with E-state index in [1.165, 1.54) is 24.3 Å². The monoisotopic (exact) mass is 363 g/mol. The van der Waals surface area contributed by atoms with Gasteiger partial charge in [-0.05, 0) is 49.8 Å². The van der Waals surface area contributed by atoms with Crippen LogP contribution in [0.25, 0.3) is 4.72 Å². The van der Waals surface area contributed by atoms with E-state index in [0.717, 1.165) is 6.08 Å². The van der Waals surface area contributed by atoms with E-state index in [4.69, 9.17) is 4.52 Å². The molecule has 1 aromatic heterocycles. The molecule has 0 fully saturated rings. The van der Waals surface area contributed by atoms with E-state index in [2.05, 4.69) is 15.2 Å². The molecule has 25 heavy (non-hydrogen) atoms. The molecule has 0 bridgehead atoms. The fourth-order valence-electron chi connectivity index (χ4n) is 1.69. The second-order valence-electron chi connectivity index (χ2n) is 4.93. The summed E-state index contributed by atoms with van der Waals surface area (Å²) in [5.41, 5.74) is 1.34. The van der Waals surface area contributed by atoms with Gasteiger partial charge >= 0.3 is 0 Å². The maximum atomic E-state index is 12.2. The van der Waals surface area contributed by atoms with Crippen LogP contribution in [0.2, 0.25) is 0 Å². The molecule has 1 N–H and O–H groups in total. The predicted octanol–water partition coefficient (Wildman–Crippen LogP) is 0.930. The number of carboxylic acids is 1. The maximum Gasteiger partial charge on any atom is 0.248 e. The first-order chi connectivity index (χ1) is 11.7. The number of aryl methyl sites for hydroxylation is 1. The van der Waals surface area contributed by atoms with Gasteiger partial charge < -0.3 is 24.5 Å². The summed E-state index contributed by atoms with van der Waals surface area (Å²) < 4.78 is 33.0. The van der Waals surface area contributed by atoms with Crippen LogP contribution < -0.4 is 10.4 Å². The Kier molecular flexibility index (Phi) is 5.22. The van der Waals surface area contributed by atoms with Crippen molar-refractivity contribution < 1.29 is 27.6 Å². The number of carbonyl (C=O) groups excluding carboxylic acids is 2. The summed E-state index contributed by atoms with van der Waals surface area (Å²) >= 11 is 0. The van der Waals surface area contributed by atoms with E-state index in [9.17, 15) is 23.1 Å². The number of carbonyl (C=O) groups is 2. The van der Waals surface area contributed by atoms with Crippen molar-refractivity contribution in [3.8, 4) is 0 Å². The molecular weight excluding hydrogens is 350 g/mol. The van der Waals surface area contributed by atoms with Gasteiger partial charge in [0.05, 0.1) is 22.4 Å². The molecule has 132 valence electrons. The minimum Gasteiger partial charge on any atom is -0.545 e. The lowest BCUT2D eigenvalue weighted by Crippen LogP contribution is -2.20. The Morgan fingerprint density at radius 1 is 1.20 bits per heavy atom. The number of nitrogens with one attached hydrogen (secondary N) is 1. The molecule has 0 saturated carbocycles. The third-order valence-corrected chi connectivity index (χ3v) is 4.40. The normalized spacial score (nSPS) is 11.4. The summed E-state index contributed by atoms with van der Waals surface area (Å²) in [6.45, 7) is 3.30. The lowest BCUT2D eigenvalue weighted by atomic mass is 10.3. The number of aromatic nitrogens is 1. The van der Waals surface area contributed by atoms with Gasteiger partial charge in [-0.2, -0.15) is 0 Å². The van der Waals surface area contributed by atoms with E-state index in [1.54, 1.807) is 13.8 Å². The highest BCUT2D eigenvalue weighted by Gasteiger charge is 2.09. The molecule has 0 unspecified atom stereocenters. The summed E-state index contributed by atoms with van der Waals surface area (Å²) in [7, 11) is -4.01. The Morgan fingerprint density at radius 2 is 1.84 bits per heavy atom. The Bertz CT molecular complexity index is 929. The minimum atomic E-state index is -4.01. The predicted molar refractivity (Wildman–Crippen MR) is 85.4 cm³/mol. The van der Waals surface area contributed by atoms with Gasteiger partial charge in [-0.3, -0.25) is 4.79 Å². The van der Waals surface area contributed by atoms with Crippen molar-refractivity contribution in [3.05, 3.63) is 52.4 Å². The van der Waals surface area contributed by atoms with Crippen LogP contribution in [0.5, 0.6) is 0 Å². The van der Waals surface area contributed by atoms with Crippen molar-refractivity contribution in [2.45, 2.75) is 18.7 Å². The molecule has 0 saturated heterocycles. The molecular formula is C15H13N3O6S-2. The topological polar surface area (TPSA) is 144 Å². The molecule has 0 atom stereocenters.